The van der Waals surface area contributed by atoms with Gasteiger partial charge < -0.3 is 15.5 Å². The van der Waals surface area contributed by atoms with E-state index in [0.717, 1.165) is 25.9 Å². The van der Waals surface area contributed by atoms with Crippen molar-refractivity contribution in [3.63, 3.8) is 0 Å². The van der Waals surface area contributed by atoms with Gasteiger partial charge in [-0.2, -0.15) is 0 Å². The molecule has 114 valence electrons. The Morgan fingerprint density at radius 3 is 3.00 bits per heavy atom. The van der Waals surface area contributed by atoms with Crippen molar-refractivity contribution in [3.05, 3.63) is 18.1 Å². The van der Waals surface area contributed by atoms with Gasteiger partial charge in [0.05, 0.1) is 12.4 Å². The van der Waals surface area contributed by atoms with Crippen LogP contribution in [0.3, 0.4) is 0 Å². The van der Waals surface area contributed by atoms with Crippen molar-refractivity contribution < 1.29 is 4.79 Å². The average molecular weight is 289 g/mol. The Labute approximate surface area is 125 Å². The molecule has 2 aliphatic heterocycles. The first kappa shape index (κ1) is 14.3. The third-order valence-electron chi connectivity index (χ3n) is 4.40. The molecule has 0 aromatic carbocycles. The first-order valence-corrected chi connectivity index (χ1v) is 7.87. The highest BCUT2D eigenvalue weighted by Crippen LogP contribution is 2.26. The van der Waals surface area contributed by atoms with Crippen LogP contribution in [0, 0.1) is 0 Å². The largest absolute Gasteiger partial charge is 0.369 e. The molecule has 0 spiro atoms. The number of aromatic nitrogens is 2. The van der Waals surface area contributed by atoms with E-state index in [4.69, 9.17) is 0 Å². The van der Waals surface area contributed by atoms with E-state index in [-0.39, 0.29) is 11.9 Å². The van der Waals surface area contributed by atoms with Crippen LogP contribution in [-0.2, 0) is 0 Å². The van der Waals surface area contributed by atoms with Crippen LogP contribution < -0.4 is 10.6 Å². The van der Waals surface area contributed by atoms with Crippen LogP contribution >= 0.6 is 0 Å². The number of hydrogen-bond donors (Lipinski definition) is 2. The molecule has 0 radical (unpaired) electrons. The summed E-state index contributed by atoms with van der Waals surface area (Å²) in [6, 6.07) is 0.929. The number of rotatable bonds is 4. The molecular weight excluding hydrogens is 266 g/mol. The highest BCUT2D eigenvalue weighted by atomic mass is 16.1. The molecule has 1 aromatic rings. The Kier molecular flexibility index (Phi) is 4.34. The molecule has 2 atom stereocenters. The molecule has 1 amide bonds. The van der Waals surface area contributed by atoms with Gasteiger partial charge >= 0.3 is 0 Å². The van der Waals surface area contributed by atoms with Gasteiger partial charge in [-0.15, -0.1) is 0 Å². The van der Waals surface area contributed by atoms with Gasteiger partial charge in [0.25, 0.3) is 5.91 Å². The first-order valence-electron chi connectivity index (χ1n) is 7.87. The molecule has 2 aliphatic rings. The number of nitrogens with zero attached hydrogens (tertiary/aromatic N) is 3. The van der Waals surface area contributed by atoms with Crippen molar-refractivity contribution in [2.75, 3.05) is 25.0 Å². The summed E-state index contributed by atoms with van der Waals surface area (Å²) in [6.45, 7) is 5.11. The van der Waals surface area contributed by atoms with Gasteiger partial charge in [-0.05, 0) is 39.2 Å². The molecular formula is C15H23N5O. The monoisotopic (exact) mass is 289 g/mol. The maximum Gasteiger partial charge on any atom is 0.271 e. The zero-order valence-corrected chi connectivity index (χ0v) is 12.5. The number of amides is 1. The normalized spacial score (nSPS) is 25.4. The summed E-state index contributed by atoms with van der Waals surface area (Å²) < 4.78 is 0. The number of carbonyl (C=O) groups is 1. The summed E-state index contributed by atoms with van der Waals surface area (Å²) in [5.41, 5.74) is 0.394. The maximum atomic E-state index is 12.2. The van der Waals surface area contributed by atoms with Crippen molar-refractivity contribution in [1.82, 2.24) is 20.2 Å². The van der Waals surface area contributed by atoms with E-state index in [0.29, 0.717) is 17.6 Å². The molecule has 21 heavy (non-hydrogen) atoms. The van der Waals surface area contributed by atoms with Crippen LogP contribution in [0.4, 0.5) is 5.82 Å². The third-order valence-corrected chi connectivity index (χ3v) is 4.40. The number of nitrogens with one attached hydrogen (secondary N) is 2. The highest BCUT2D eigenvalue weighted by molar-refractivity contribution is 5.92. The minimum Gasteiger partial charge on any atom is -0.369 e. The van der Waals surface area contributed by atoms with Crippen LogP contribution in [0.1, 0.15) is 43.1 Å². The van der Waals surface area contributed by atoms with Crippen molar-refractivity contribution in [2.24, 2.45) is 0 Å². The molecule has 1 aromatic heterocycles. The number of anilines is 1. The van der Waals surface area contributed by atoms with Crippen molar-refractivity contribution >= 4 is 11.7 Å². The van der Waals surface area contributed by atoms with Gasteiger partial charge in [-0.25, -0.2) is 9.97 Å². The lowest BCUT2D eigenvalue weighted by Gasteiger charge is -2.35. The molecule has 0 bridgehead atoms. The topological polar surface area (TPSA) is 70.2 Å². The minimum atomic E-state index is -0.109. The van der Waals surface area contributed by atoms with Crippen LogP contribution in [0.5, 0.6) is 0 Å². The molecule has 6 nitrogen and oxygen atoms in total. The smallest absolute Gasteiger partial charge is 0.271 e. The SMILES string of the molecule is CCNc1cnc(C(=O)NC2CCN3CCCC3C2)cn1. The summed E-state index contributed by atoms with van der Waals surface area (Å²) in [7, 11) is 0. The van der Waals surface area contributed by atoms with E-state index in [1.54, 1.807) is 6.20 Å². The summed E-state index contributed by atoms with van der Waals surface area (Å²) in [5.74, 6) is 0.593. The van der Waals surface area contributed by atoms with Gasteiger partial charge in [0.1, 0.15) is 11.5 Å². The summed E-state index contributed by atoms with van der Waals surface area (Å²) in [5, 5.41) is 6.18. The zero-order valence-electron chi connectivity index (χ0n) is 12.5. The second-order valence-electron chi connectivity index (χ2n) is 5.84. The molecule has 3 heterocycles. The lowest BCUT2D eigenvalue weighted by molar-refractivity contribution is 0.0891. The van der Waals surface area contributed by atoms with Crippen LogP contribution in [0.25, 0.3) is 0 Å². The number of piperidine rings is 1. The minimum absolute atomic E-state index is 0.109. The maximum absolute atomic E-state index is 12.2. The van der Waals surface area contributed by atoms with Crippen LogP contribution in [0.15, 0.2) is 12.4 Å². The molecule has 2 unspecified atom stereocenters. The molecule has 0 aliphatic carbocycles. The quantitative estimate of drug-likeness (QED) is 0.873. The van der Waals surface area contributed by atoms with Crippen molar-refractivity contribution in [1.29, 1.82) is 0 Å². The molecule has 2 fully saturated rings. The van der Waals surface area contributed by atoms with Gasteiger partial charge in [0.15, 0.2) is 0 Å². The summed E-state index contributed by atoms with van der Waals surface area (Å²) >= 11 is 0. The van der Waals surface area contributed by atoms with Crippen molar-refractivity contribution in [3.8, 4) is 0 Å². The molecule has 2 N–H and O–H groups in total. The summed E-state index contributed by atoms with van der Waals surface area (Å²) in [6.07, 6.45) is 7.81. The van der Waals surface area contributed by atoms with Crippen LogP contribution in [0.2, 0.25) is 0 Å². The fourth-order valence-electron chi connectivity index (χ4n) is 3.33. The predicted octanol–water partition coefficient (Wildman–Crippen LogP) is 1.26. The summed E-state index contributed by atoms with van der Waals surface area (Å²) in [4.78, 5) is 23.2. The average Bonchev–Trinajstić information content (AvgIpc) is 2.96. The fourth-order valence-corrected chi connectivity index (χ4v) is 3.33. The molecule has 3 rings (SSSR count). The lowest BCUT2D eigenvalue weighted by atomic mass is 9.97. The Bertz CT molecular complexity index is 489. The van der Waals surface area contributed by atoms with Gasteiger partial charge in [-0.1, -0.05) is 0 Å². The Balaban J connectivity index is 1.55. The second kappa shape index (κ2) is 6.39. The second-order valence-corrected chi connectivity index (χ2v) is 5.84. The van der Waals surface area contributed by atoms with Crippen molar-refractivity contribution in [2.45, 2.75) is 44.7 Å². The Morgan fingerprint density at radius 1 is 1.33 bits per heavy atom. The molecule has 0 saturated carbocycles. The first-order chi connectivity index (χ1) is 10.3. The lowest BCUT2D eigenvalue weighted by Crippen LogP contribution is -2.47. The van der Waals surface area contributed by atoms with E-state index in [1.165, 1.54) is 25.6 Å². The van der Waals surface area contributed by atoms with E-state index in [2.05, 4.69) is 25.5 Å². The number of fused-ring (bicyclic) bond motifs is 1. The Morgan fingerprint density at radius 2 is 2.24 bits per heavy atom. The number of hydrogen-bond acceptors (Lipinski definition) is 5. The zero-order chi connectivity index (χ0) is 14.7. The van der Waals surface area contributed by atoms with Gasteiger partial charge in [0, 0.05) is 25.2 Å². The third kappa shape index (κ3) is 3.32. The molecule has 6 heteroatoms. The van der Waals surface area contributed by atoms with E-state index >= 15 is 0 Å². The van der Waals surface area contributed by atoms with E-state index in [1.807, 2.05) is 6.92 Å². The fraction of sp³-hybridized carbons (Fsp3) is 0.667. The predicted molar refractivity (Wildman–Crippen MR) is 81.3 cm³/mol. The standard InChI is InChI=1S/C15H23N5O/c1-2-16-14-10-17-13(9-18-14)15(21)19-11-5-7-20-6-3-4-12(20)8-11/h9-12H,2-8H2,1H3,(H,16,18)(H,19,21). The van der Waals surface area contributed by atoms with E-state index < -0.39 is 0 Å². The van der Waals surface area contributed by atoms with E-state index in [9.17, 15) is 4.79 Å². The van der Waals surface area contributed by atoms with Gasteiger partial charge in [0.2, 0.25) is 0 Å². The highest BCUT2D eigenvalue weighted by Gasteiger charge is 2.32. The number of carbonyl (C=O) groups excluding carboxylic acids is 1. The molecule has 2 saturated heterocycles. The van der Waals surface area contributed by atoms with Crippen LogP contribution in [-0.4, -0.2) is 52.5 Å². The Hall–Kier alpha value is -1.69. The van der Waals surface area contributed by atoms with Gasteiger partial charge in [-0.3, -0.25) is 4.79 Å².